The number of benzene rings is 2. The van der Waals surface area contributed by atoms with Gasteiger partial charge in [0, 0.05) is 29.4 Å². The fraction of sp³-hybridized carbons (Fsp3) is 0.333. The van der Waals surface area contributed by atoms with Crippen LogP contribution in [0.3, 0.4) is 0 Å². The van der Waals surface area contributed by atoms with Crippen LogP contribution < -0.4 is 10.2 Å². The molecule has 5 heteroatoms. The number of hydrogen-bond acceptors (Lipinski definition) is 2. The molecule has 2 amide bonds. The van der Waals surface area contributed by atoms with E-state index in [0.717, 1.165) is 24.2 Å². The predicted molar refractivity (Wildman–Crippen MR) is 106 cm³/mol. The first-order chi connectivity index (χ1) is 12.5. The van der Waals surface area contributed by atoms with E-state index in [1.807, 2.05) is 50.2 Å². The van der Waals surface area contributed by atoms with Crippen molar-refractivity contribution in [2.24, 2.45) is 5.92 Å². The van der Waals surface area contributed by atoms with Gasteiger partial charge in [-0.25, -0.2) is 0 Å². The minimum atomic E-state index is -0.274. The molecule has 0 aromatic heterocycles. The number of carbonyl (C=O) groups is 2. The zero-order valence-electron chi connectivity index (χ0n) is 15.0. The van der Waals surface area contributed by atoms with Gasteiger partial charge < -0.3 is 10.2 Å². The van der Waals surface area contributed by atoms with Crippen LogP contribution in [0.2, 0.25) is 5.02 Å². The van der Waals surface area contributed by atoms with Gasteiger partial charge in [-0.1, -0.05) is 43.6 Å². The second-order valence-electron chi connectivity index (χ2n) is 6.96. The first-order valence-electron chi connectivity index (χ1n) is 8.92. The zero-order valence-corrected chi connectivity index (χ0v) is 15.8. The summed E-state index contributed by atoms with van der Waals surface area (Å²) in [7, 11) is 0. The monoisotopic (exact) mass is 370 g/mol. The van der Waals surface area contributed by atoms with Crippen molar-refractivity contribution in [1.29, 1.82) is 0 Å². The van der Waals surface area contributed by atoms with Gasteiger partial charge in [-0.3, -0.25) is 9.59 Å². The smallest absolute Gasteiger partial charge is 0.232 e. The SMILES string of the molecule is CC(C)[C@@H](C(=O)Nc1cccc(N2CCCC2=O)c1)c1ccc(Cl)cc1. The summed E-state index contributed by atoms with van der Waals surface area (Å²) in [5.41, 5.74) is 2.47. The maximum Gasteiger partial charge on any atom is 0.232 e. The van der Waals surface area contributed by atoms with Gasteiger partial charge in [0.05, 0.1) is 5.92 Å². The molecule has 0 aliphatic carbocycles. The molecule has 0 bridgehead atoms. The van der Waals surface area contributed by atoms with Gasteiger partial charge in [0.1, 0.15) is 0 Å². The third-order valence-corrected chi connectivity index (χ3v) is 4.93. The molecule has 1 aliphatic rings. The van der Waals surface area contributed by atoms with E-state index in [-0.39, 0.29) is 23.7 Å². The number of hydrogen-bond donors (Lipinski definition) is 1. The summed E-state index contributed by atoms with van der Waals surface area (Å²) in [5.74, 6) is -0.0641. The lowest BCUT2D eigenvalue weighted by atomic mass is 9.87. The molecule has 0 radical (unpaired) electrons. The Morgan fingerprint density at radius 2 is 1.88 bits per heavy atom. The van der Waals surface area contributed by atoms with E-state index in [9.17, 15) is 9.59 Å². The number of nitrogens with zero attached hydrogens (tertiary/aromatic N) is 1. The van der Waals surface area contributed by atoms with Crippen LogP contribution in [0.25, 0.3) is 0 Å². The van der Waals surface area contributed by atoms with E-state index in [1.54, 1.807) is 17.0 Å². The van der Waals surface area contributed by atoms with Crippen molar-refractivity contribution in [1.82, 2.24) is 0 Å². The average molecular weight is 371 g/mol. The molecule has 1 saturated heterocycles. The molecule has 1 atom stereocenters. The Morgan fingerprint density at radius 3 is 2.50 bits per heavy atom. The molecule has 0 unspecified atom stereocenters. The molecule has 1 fully saturated rings. The molecular weight excluding hydrogens is 348 g/mol. The molecule has 0 saturated carbocycles. The van der Waals surface area contributed by atoms with Crippen LogP contribution in [0, 0.1) is 5.92 Å². The third kappa shape index (κ3) is 4.07. The Kier molecular flexibility index (Phi) is 5.62. The van der Waals surface area contributed by atoms with Crippen LogP contribution in [0.1, 0.15) is 38.2 Å². The highest BCUT2D eigenvalue weighted by molar-refractivity contribution is 6.30. The molecule has 1 aliphatic heterocycles. The van der Waals surface area contributed by atoms with Gasteiger partial charge in [0.2, 0.25) is 11.8 Å². The van der Waals surface area contributed by atoms with E-state index < -0.39 is 0 Å². The lowest BCUT2D eigenvalue weighted by Crippen LogP contribution is -2.26. The van der Waals surface area contributed by atoms with Crippen molar-refractivity contribution in [2.75, 3.05) is 16.8 Å². The maximum atomic E-state index is 12.9. The van der Waals surface area contributed by atoms with Crippen molar-refractivity contribution in [3.05, 3.63) is 59.1 Å². The van der Waals surface area contributed by atoms with Crippen LogP contribution in [-0.4, -0.2) is 18.4 Å². The predicted octanol–water partition coefficient (Wildman–Crippen LogP) is 4.85. The topological polar surface area (TPSA) is 49.4 Å². The highest BCUT2D eigenvalue weighted by Crippen LogP contribution is 2.29. The Labute approximate surface area is 159 Å². The highest BCUT2D eigenvalue weighted by Gasteiger charge is 2.25. The number of halogens is 1. The first kappa shape index (κ1) is 18.5. The van der Waals surface area contributed by atoms with Crippen LogP contribution in [0.15, 0.2) is 48.5 Å². The van der Waals surface area contributed by atoms with Gasteiger partial charge >= 0.3 is 0 Å². The van der Waals surface area contributed by atoms with Gasteiger partial charge in [-0.05, 0) is 48.2 Å². The Balaban J connectivity index is 1.79. The van der Waals surface area contributed by atoms with Gasteiger partial charge in [-0.2, -0.15) is 0 Å². The molecule has 3 rings (SSSR count). The van der Waals surface area contributed by atoms with E-state index in [1.165, 1.54) is 0 Å². The van der Waals surface area contributed by atoms with Crippen LogP contribution in [0.4, 0.5) is 11.4 Å². The summed E-state index contributed by atoms with van der Waals surface area (Å²) in [6.45, 7) is 4.78. The van der Waals surface area contributed by atoms with Crippen molar-refractivity contribution >= 4 is 34.8 Å². The minimum Gasteiger partial charge on any atom is -0.325 e. The summed E-state index contributed by atoms with van der Waals surface area (Å²) in [6, 6.07) is 14.9. The summed E-state index contributed by atoms with van der Waals surface area (Å²) >= 11 is 5.96. The quantitative estimate of drug-likeness (QED) is 0.818. The highest BCUT2D eigenvalue weighted by atomic mass is 35.5. The summed E-state index contributed by atoms with van der Waals surface area (Å²) in [4.78, 5) is 26.6. The molecule has 4 nitrogen and oxygen atoms in total. The standard InChI is InChI=1S/C21H23ClN2O2/c1-14(2)20(15-8-10-16(22)11-9-15)21(26)23-17-5-3-6-18(13-17)24-12-4-7-19(24)25/h3,5-6,8-11,13-14,20H,4,7,12H2,1-2H3,(H,23,26)/t20-/m1/s1. The first-order valence-corrected chi connectivity index (χ1v) is 9.30. The molecule has 2 aromatic carbocycles. The van der Waals surface area contributed by atoms with Gasteiger partial charge in [0.15, 0.2) is 0 Å². The third-order valence-electron chi connectivity index (χ3n) is 4.68. The summed E-state index contributed by atoms with van der Waals surface area (Å²) < 4.78 is 0. The largest absolute Gasteiger partial charge is 0.325 e. The van der Waals surface area contributed by atoms with Crippen molar-refractivity contribution in [3.8, 4) is 0 Å². The lowest BCUT2D eigenvalue weighted by Gasteiger charge is -2.22. The van der Waals surface area contributed by atoms with Crippen molar-refractivity contribution in [2.45, 2.75) is 32.6 Å². The fourth-order valence-electron chi connectivity index (χ4n) is 3.40. The Hall–Kier alpha value is -2.33. The van der Waals surface area contributed by atoms with Crippen LogP contribution in [0.5, 0.6) is 0 Å². The molecule has 1 heterocycles. The number of amides is 2. The maximum absolute atomic E-state index is 12.9. The molecule has 0 spiro atoms. The molecule has 1 N–H and O–H groups in total. The molecule has 136 valence electrons. The van der Waals surface area contributed by atoms with Crippen molar-refractivity contribution < 1.29 is 9.59 Å². The number of carbonyl (C=O) groups excluding carboxylic acids is 2. The Morgan fingerprint density at radius 1 is 1.15 bits per heavy atom. The number of rotatable bonds is 5. The second kappa shape index (κ2) is 7.92. The molecule has 26 heavy (non-hydrogen) atoms. The summed E-state index contributed by atoms with van der Waals surface area (Å²) in [5, 5.41) is 3.66. The second-order valence-corrected chi connectivity index (χ2v) is 7.40. The van der Waals surface area contributed by atoms with E-state index in [4.69, 9.17) is 11.6 Å². The molecule has 2 aromatic rings. The van der Waals surface area contributed by atoms with Gasteiger partial charge in [0.25, 0.3) is 0 Å². The van der Waals surface area contributed by atoms with E-state index >= 15 is 0 Å². The van der Waals surface area contributed by atoms with Crippen LogP contribution in [-0.2, 0) is 9.59 Å². The summed E-state index contributed by atoms with van der Waals surface area (Å²) in [6.07, 6.45) is 1.46. The van der Waals surface area contributed by atoms with Gasteiger partial charge in [-0.15, -0.1) is 0 Å². The van der Waals surface area contributed by atoms with E-state index in [2.05, 4.69) is 5.32 Å². The number of nitrogens with one attached hydrogen (secondary N) is 1. The van der Waals surface area contributed by atoms with Crippen molar-refractivity contribution in [3.63, 3.8) is 0 Å². The van der Waals surface area contributed by atoms with Crippen LogP contribution >= 0.6 is 11.6 Å². The average Bonchev–Trinajstić information content (AvgIpc) is 3.03. The Bertz CT molecular complexity index is 802. The molecular formula is C21H23ClN2O2. The minimum absolute atomic E-state index is 0.0628. The fourth-order valence-corrected chi connectivity index (χ4v) is 3.53. The normalized spacial score (nSPS) is 15.4. The lowest BCUT2D eigenvalue weighted by molar-refractivity contribution is -0.118. The number of anilines is 2. The van der Waals surface area contributed by atoms with E-state index in [0.29, 0.717) is 17.1 Å². The zero-order chi connectivity index (χ0) is 18.7.